The van der Waals surface area contributed by atoms with E-state index in [0.29, 0.717) is 33.4 Å². The van der Waals surface area contributed by atoms with E-state index in [1.54, 1.807) is 60.9 Å². The number of hydrogen-bond donors (Lipinski definition) is 1. The maximum atomic E-state index is 13.2. The first-order valence-electron chi connectivity index (χ1n) is 8.53. The third-order valence-corrected chi connectivity index (χ3v) is 4.41. The van der Waals surface area contributed by atoms with Crippen molar-refractivity contribution in [3.05, 3.63) is 95.3 Å². The van der Waals surface area contributed by atoms with Crippen LogP contribution >= 0.6 is 11.6 Å². The van der Waals surface area contributed by atoms with Crippen LogP contribution in [0.1, 0.15) is 16.2 Å². The molecule has 0 aliphatic rings. The number of nitrogens with zero attached hydrogens (tertiary/aromatic N) is 2. The van der Waals surface area contributed by atoms with E-state index in [2.05, 4.69) is 10.4 Å². The highest BCUT2D eigenvalue weighted by molar-refractivity contribution is 6.30. The highest BCUT2D eigenvalue weighted by Gasteiger charge is 2.18. The molecule has 0 fully saturated rings. The number of halogens is 2. The van der Waals surface area contributed by atoms with Crippen LogP contribution in [-0.4, -0.2) is 15.7 Å². The van der Waals surface area contributed by atoms with E-state index in [0.717, 1.165) is 0 Å². The number of amides is 1. The van der Waals surface area contributed by atoms with Crippen LogP contribution in [0.4, 0.5) is 4.39 Å². The Labute approximate surface area is 165 Å². The summed E-state index contributed by atoms with van der Waals surface area (Å²) in [7, 11) is 0. The molecule has 0 unspecified atom stereocenters. The Hall–Kier alpha value is -3.38. The van der Waals surface area contributed by atoms with Gasteiger partial charge in [-0.1, -0.05) is 11.6 Å². The fourth-order valence-corrected chi connectivity index (χ4v) is 2.88. The zero-order chi connectivity index (χ0) is 19.5. The molecule has 1 N–H and O–H groups in total. The van der Waals surface area contributed by atoms with Crippen molar-refractivity contribution in [2.75, 3.05) is 0 Å². The summed E-state index contributed by atoms with van der Waals surface area (Å²) < 4.78 is 20.0. The van der Waals surface area contributed by atoms with Gasteiger partial charge in [0.2, 0.25) is 0 Å². The van der Waals surface area contributed by atoms with Gasteiger partial charge in [-0.2, -0.15) is 5.10 Å². The predicted molar refractivity (Wildman–Crippen MR) is 104 cm³/mol. The lowest BCUT2D eigenvalue weighted by Crippen LogP contribution is -2.25. The van der Waals surface area contributed by atoms with Gasteiger partial charge in [0.25, 0.3) is 5.91 Å². The highest BCUT2D eigenvalue weighted by atomic mass is 35.5. The van der Waals surface area contributed by atoms with Crippen molar-refractivity contribution in [3.8, 4) is 16.9 Å². The second kappa shape index (κ2) is 7.70. The number of nitrogens with one attached hydrogen (secondary N) is 1. The van der Waals surface area contributed by atoms with E-state index in [1.165, 1.54) is 16.8 Å². The van der Waals surface area contributed by atoms with E-state index in [-0.39, 0.29) is 18.3 Å². The van der Waals surface area contributed by atoms with Crippen LogP contribution in [0.25, 0.3) is 16.9 Å². The number of carbonyl (C=O) groups is 1. The molecule has 5 nitrogen and oxygen atoms in total. The first-order valence-corrected chi connectivity index (χ1v) is 8.90. The zero-order valence-electron chi connectivity index (χ0n) is 14.6. The number of benzene rings is 2. The third-order valence-electron chi connectivity index (χ3n) is 4.16. The van der Waals surface area contributed by atoms with Crippen molar-refractivity contribution in [2.24, 2.45) is 0 Å². The monoisotopic (exact) mass is 395 g/mol. The van der Waals surface area contributed by atoms with Crippen molar-refractivity contribution in [1.82, 2.24) is 15.1 Å². The van der Waals surface area contributed by atoms with Crippen LogP contribution in [-0.2, 0) is 6.54 Å². The molecular weight excluding hydrogens is 381 g/mol. The molecule has 4 aromatic rings. The molecule has 7 heteroatoms. The summed E-state index contributed by atoms with van der Waals surface area (Å²) in [5, 5.41) is 7.94. The van der Waals surface area contributed by atoms with Crippen LogP contribution in [0.5, 0.6) is 0 Å². The van der Waals surface area contributed by atoms with Gasteiger partial charge in [-0.15, -0.1) is 0 Å². The molecule has 140 valence electrons. The number of rotatable bonds is 5. The summed E-state index contributed by atoms with van der Waals surface area (Å²) in [6.07, 6.45) is 1.55. The molecule has 2 aromatic carbocycles. The Balaban J connectivity index is 1.70. The Kier molecular flexibility index (Phi) is 4.95. The zero-order valence-corrected chi connectivity index (χ0v) is 15.4. The first-order chi connectivity index (χ1) is 13.6. The normalized spacial score (nSPS) is 10.8. The molecular formula is C21H15ClFN3O2. The topological polar surface area (TPSA) is 60.1 Å². The molecule has 0 aliphatic heterocycles. The van der Waals surface area contributed by atoms with Crippen LogP contribution < -0.4 is 5.32 Å². The standard InChI is InChI=1S/C21H15ClFN3O2/c22-15-5-9-17(10-6-15)26-20(21(27)24-13-18-2-1-11-28-18)12-19(25-26)14-3-7-16(23)8-4-14/h1-12H,13H2,(H,24,27). The molecule has 0 radical (unpaired) electrons. The molecule has 2 aromatic heterocycles. The average Bonchev–Trinajstić information content (AvgIpc) is 3.37. The van der Waals surface area contributed by atoms with Gasteiger partial charge in [0.1, 0.15) is 17.3 Å². The lowest BCUT2D eigenvalue weighted by atomic mass is 10.1. The molecule has 2 heterocycles. The van der Waals surface area contributed by atoms with E-state index < -0.39 is 0 Å². The summed E-state index contributed by atoms with van der Waals surface area (Å²) in [6, 6.07) is 18.1. The minimum atomic E-state index is -0.336. The van der Waals surface area contributed by atoms with E-state index >= 15 is 0 Å². The minimum absolute atomic E-state index is 0.253. The number of furan rings is 1. The van der Waals surface area contributed by atoms with Gasteiger partial charge >= 0.3 is 0 Å². The summed E-state index contributed by atoms with van der Waals surface area (Å²) in [5.41, 5.74) is 2.28. The minimum Gasteiger partial charge on any atom is -0.467 e. The quantitative estimate of drug-likeness (QED) is 0.525. The van der Waals surface area contributed by atoms with Crippen molar-refractivity contribution in [1.29, 1.82) is 0 Å². The lowest BCUT2D eigenvalue weighted by molar-refractivity contribution is 0.0940. The largest absolute Gasteiger partial charge is 0.467 e. The van der Waals surface area contributed by atoms with Gasteiger partial charge in [-0.05, 0) is 66.7 Å². The van der Waals surface area contributed by atoms with Gasteiger partial charge in [0.15, 0.2) is 0 Å². The van der Waals surface area contributed by atoms with Crippen LogP contribution in [0.15, 0.2) is 77.4 Å². The van der Waals surface area contributed by atoms with Gasteiger partial charge in [-0.25, -0.2) is 9.07 Å². The van der Waals surface area contributed by atoms with Crippen molar-refractivity contribution >= 4 is 17.5 Å². The maximum absolute atomic E-state index is 13.2. The highest BCUT2D eigenvalue weighted by Crippen LogP contribution is 2.23. The second-order valence-electron chi connectivity index (χ2n) is 6.07. The Morgan fingerprint density at radius 1 is 1.11 bits per heavy atom. The van der Waals surface area contributed by atoms with Gasteiger partial charge in [0, 0.05) is 10.6 Å². The molecule has 0 saturated heterocycles. The average molecular weight is 396 g/mol. The fourth-order valence-electron chi connectivity index (χ4n) is 2.75. The summed E-state index contributed by atoms with van der Waals surface area (Å²) in [5.74, 6) is -0.00539. The molecule has 0 atom stereocenters. The Morgan fingerprint density at radius 3 is 2.54 bits per heavy atom. The van der Waals surface area contributed by atoms with E-state index in [9.17, 15) is 9.18 Å². The van der Waals surface area contributed by atoms with Crippen molar-refractivity contribution < 1.29 is 13.6 Å². The van der Waals surface area contributed by atoms with Gasteiger partial charge in [-0.3, -0.25) is 4.79 Å². The van der Waals surface area contributed by atoms with Crippen molar-refractivity contribution in [3.63, 3.8) is 0 Å². The summed E-state index contributed by atoms with van der Waals surface area (Å²) >= 11 is 5.97. The molecule has 0 aliphatic carbocycles. The molecule has 0 bridgehead atoms. The second-order valence-corrected chi connectivity index (χ2v) is 6.51. The molecule has 0 spiro atoms. The van der Waals surface area contributed by atoms with E-state index in [4.69, 9.17) is 16.0 Å². The van der Waals surface area contributed by atoms with Crippen LogP contribution in [0.3, 0.4) is 0 Å². The molecule has 28 heavy (non-hydrogen) atoms. The number of aromatic nitrogens is 2. The van der Waals surface area contributed by atoms with Gasteiger partial charge in [0.05, 0.1) is 24.2 Å². The third kappa shape index (κ3) is 3.82. The predicted octanol–water partition coefficient (Wildman–Crippen LogP) is 4.85. The Bertz CT molecular complexity index is 1090. The van der Waals surface area contributed by atoms with E-state index in [1.807, 2.05) is 0 Å². The maximum Gasteiger partial charge on any atom is 0.270 e. The SMILES string of the molecule is O=C(NCc1ccco1)c1cc(-c2ccc(F)cc2)nn1-c1ccc(Cl)cc1. The molecule has 4 rings (SSSR count). The first kappa shape index (κ1) is 18.0. The smallest absolute Gasteiger partial charge is 0.270 e. The fraction of sp³-hybridized carbons (Fsp3) is 0.0476. The lowest BCUT2D eigenvalue weighted by Gasteiger charge is -2.07. The summed E-state index contributed by atoms with van der Waals surface area (Å²) in [4.78, 5) is 12.8. The number of hydrogen-bond acceptors (Lipinski definition) is 3. The van der Waals surface area contributed by atoms with Crippen LogP contribution in [0.2, 0.25) is 5.02 Å². The summed E-state index contributed by atoms with van der Waals surface area (Å²) in [6.45, 7) is 0.253. The molecule has 1 amide bonds. The number of carbonyl (C=O) groups excluding carboxylic acids is 1. The Morgan fingerprint density at radius 2 is 1.86 bits per heavy atom. The van der Waals surface area contributed by atoms with Crippen LogP contribution in [0, 0.1) is 5.82 Å². The van der Waals surface area contributed by atoms with Crippen molar-refractivity contribution in [2.45, 2.75) is 6.54 Å². The molecule has 0 saturated carbocycles. The van der Waals surface area contributed by atoms with Gasteiger partial charge < -0.3 is 9.73 Å².